The molecule has 1 fully saturated rings. The van der Waals surface area contributed by atoms with Gasteiger partial charge >= 0.3 is 0 Å². The van der Waals surface area contributed by atoms with Crippen LogP contribution in [0.25, 0.3) is 0 Å². The van der Waals surface area contributed by atoms with Gasteiger partial charge in [0.15, 0.2) is 0 Å². The third-order valence-corrected chi connectivity index (χ3v) is 7.66. The molecule has 1 heterocycles. The SMILES string of the molecule is CC(C)(C)CC1N[C@@H](C(=O)Nc2ccc(C(=O)NO)cc2)[C@H](c2cccc(Cl)c2F)[C@@]1(N)c1ccc(Cl)cc1F. The Bertz CT molecular complexity index is 1430. The number of hydrogen-bond acceptors (Lipinski definition) is 5. The summed E-state index contributed by atoms with van der Waals surface area (Å²) >= 11 is 12.2. The number of carbonyl (C=O) groups is 2. The fraction of sp³-hybridized carbons (Fsp3) is 0.310. The van der Waals surface area contributed by atoms with E-state index in [-0.39, 0.29) is 32.2 Å². The van der Waals surface area contributed by atoms with Crippen LogP contribution in [0.5, 0.6) is 0 Å². The number of carbonyl (C=O) groups excluding carboxylic acids is 2. The zero-order chi connectivity index (χ0) is 29.4. The van der Waals surface area contributed by atoms with E-state index in [0.29, 0.717) is 12.1 Å². The normalized spacial score (nSPS) is 22.7. The highest BCUT2D eigenvalue weighted by Gasteiger charge is 2.58. The maximum absolute atomic E-state index is 15.6. The molecule has 1 unspecified atom stereocenters. The number of anilines is 1. The smallest absolute Gasteiger partial charge is 0.274 e. The van der Waals surface area contributed by atoms with Gasteiger partial charge in [-0.05, 0) is 59.9 Å². The summed E-state index contributed by atoms with van der Waals surface area (Å²) in [7, 11) is 0. The number of nitrogens with one attached hydrogen (secondary N) is 3. The molecule has 11 heteroatoms. The summed E-state index contributed by atoms with van der Waals surface area (Å²) in [5, 5.41) is 14.9. The third kappa shape index (κ3) is 5.84. The number of nitrogens with two attached hydrogens (primary N) is 1. The molecular weight excluding hydrogens is 561 g/mol. The highest BCUT2D eigenvalue weighted by Crippen LogP contribution is 2.50. The van der Waals surface area contributed by atoms with Gasteiger partial charge in [-0.25, -0.2) is 14.3 Å². The van der Waals surface area contributed by atoms with Crippen LogP contribution in [0.15, 0.2) is 60.7 Å². The summed E-state index contributed by atoms with van der Waals surface area (Å²) < 4.78 is 31.2. The molecule has 0 radical (unpaired) electrons. The lowest BCUT2D eigenvalue weighted by Crippen LogP contribution is -2.52. The summed E-state index contributed by atoms with van der Waals surface area (Å²) in [5.74, 6) is -3.79. The second kappa shape index (κ2) is 11.4. The predicted octanol–water partition coefficient (Wildman–Crippen LogP) is 5.74. The molecule has 4 rings (SSSR count). The van der Waals surface area contributed by atoms with Crippen molar-refractivity contribution in [2.75, 3.05) is 5.32 Å². The van der Waals surface area contributed by atoms with E-state index in [4.69, 9.17) is 34.1 Å². The molecule has 0 saturated carbocycles. The van der Waals surface area contributed by atoms with E-state index >= 15 is 8.78 Å². The van der Waals surface area contributed by atoms with Crippen molar-refractivity contribution in [2.24, 2.45) is 11.1 Å². The van der Waals surface area contributed by atoms with Gasteiger partial charge in [-0.2, -0.15) is 0 Å². The van der Waals surface area contributed by atoms with Crippen LogP contribution in [0.1, 0.15) is 54.6 Å². The van der Waals surface area contributed by atoms with Crippen LogP contribution in [0.4, 0.5) is 14.5 Å². The molecule has 0 spiro atoms. The highest BCUT2D eigenvalue weighted by atomic mass is 35.5. The van der Waals surface area contributed by atoms with Gasteiger partial charge in [0.1, 0.15) is 11.6 Å². The lowest BCUT2D eigenvalue weighted by Gasteiger charge is -2.40. The van der Waals surface area contributed by atoms with Crippen LogP contribution in [0, 0.1) is 17.0 Å². The Hall–Kier alpha value is -3.08. The van der Waals surface area contributed by atoms with Crippen LogP contribution < -0.4 is 21.8 Å². The fourth-order valence-electron chi connectivity index (χ4n) is 5.39. The van der Waals surface area contributed by atoms with Crippen molar-refractivity contribution in [2.45, 2.75) is 50.7 Å². The van der Waals surface area contributed by atoms with Crippen molar-refractivity contribution in [3.8, 4) is 0 Å². The first-order valence-corrected chi connectivity index (χ1v) is 13.3. The molecule has 0 aromatic heterocycles. The van der Waals surface area contributed by atoms with E-state index in [1.165, 1.54) is 48.5 Å². The lowest BCUT2D eigenvalue weighted by molar-refractivity contribution is -0.118. The summed E-state index contributed by atoms with van der Waals surface area (Å²) in [6.45, 7) is 5.96. The molecule has 2 amide bonds. The molecule has 0 aliphatic carbocycles. The molecule has 0 bridgehead atoms. The van der Waals surface area contributed by atoms with E-state index in [1.54, 1.807) is 11.5 Å². The summed E-state index contributed by atoms with van der Waals surface area (Å²) in [6, 6.07) is 12.5. The second-order valence-electron chi connectivity index (χ2n) is 11.1. The minimum atomic E-state index is -1.60. The molecule has 212 valence electrons. The molecule has 4 atom stereocenters. The molecule has 1 aliphatic rings. The Balaban J connectivity index is 1.85. The second-order valence-corrected chi connectivity index (χ2v) is 12.0. The van der Waals surface area contributed by atoms with E-state index in [0.717, 1.165) is 6.07 Å². The standard InChI is InChI=1S/C29H30Cl2F2N4O3/c1-28(2,3)14-22-29(34,19-12-9-16(30)13-21(19)32)23(18-5-4-6-20(31)24(18)33)25(36-22)27(39)35-17-10-7-15(8-11-17)26(38)37-40/h4-13,22-23,25,36,40H,14,34H2,1-3H3,(H,35,39)(H,37,38)/t22?,23-,25+,29+/m0/s1. The van der Waals surface area contributed by atoms with Crippen LogP contribution >= 0.6 is 23.2 Å². The van der Waals surface area contributed by atoms with Gasteiger partial charge in [0.05, 0.1) is 16.6 Å². The first kappa shape index (κ1) is 29.9. The zero-order valence-corrected chi connectivity index (χ0v) is 23.6. The predicted molar refractivity (Wildman–Crippen MR) is 151 cm³/mol. The van der Waals surface area contributed by atoms with Gasteiger partial charge in [-0.1, -0.05) is 62.2 Å². The number of rotatable bonds is 6. The van der Waals surface area contributed by atoms with Gasteiger partial charge in [0.2, 0.25) is 5.91 Å². The molecule has 6 N–H and O–H groups in total. The van der Waals surface area contributed by atoms with Gasteiger partial charge in [0, 0.05) is 33.8 Å². The number of amides is 2. The molecule has 3 aromatic rings. The Morgan fingerprint density at radius 2 is 1.75 bits per heavy atom. The average molecular weight is 591 g/mol. The maximum Gasteiger partial charge on any atom is 0.274 e. The molecular formula is C29H30Cl2F2N4O3. The van der Waals surface area contributed by atoms with Crippen molar-refractivity contribution in [3.05, 3.63) is 99.0 Å². The summed E-state index contributed by atoms with van der Waals surface area (Å²) in [5.41, 5.74) is 7.45. The van der Waals surface area contributed by atoms with Crippen molar-refractivity contribution >= 4 is 40.7 Å². The zero-order valence-electron chi connectivity index (χ0n) is 22.1. The molecule has 40 heavy (non-hydrogen) atoms. The van der Waals surface area contributed by atoms with Gasteiger partial charge < -0.3 is 16.4 Å². The topological polar surface area (TPSA) is 116 Å². The first-order valence-electron chi connectivity index (χ1n) is 12.6. The number of hydroxylamine groups is 1. The van der Waals surface area contributed by atoms with Crippen molar-refractivity contribution in [1.29, 1.82) is 0 Å². The average Bonchev–Trinajstić information content (AvgIpc) is 3.16. The third-order valence-electron chi connectivity index (χ3n) is 7.13. The monoisotopic (exact) mass is 590 g/mol. The van der Waals surface area contributed by atoms with E-state index in [2.05, 4.69) is 10.6 Å². The Labute approximate surface area is 241 Å². The molecule has 3 aromatic carbocycles. The van der Waals surface area contributed by atoms with Gasteiger partial charge in [-0.3, -0.25) is 14.8 Å². The van der Waals surface area contributed by atoms with Gasteiger partial charge in [0.25, 0.3) is 5.91 Å². The Morgan fingerprint density at radius 3 is 2.35 bits per heavy atom. The van der Waals surface area contributed by atoms with Crippen molar-refractivity contribution in [3.63, 3.8) is 0 Å². The summed E-state index contributed by atoms with van der Waals surface area (Å²) in [6.07, 6.45) is 0.416. The first-order chi connectivity index (χ1) is 18.8. The summed E-state index contributed by atoms with van der Waals surface area (Å²) in [4.78, 5) is 25.5. The minimum absolute atomic E-state index is 0.0587. The highest BCUT2D eigenvalue weighted by molar-refractivity contribution is 6.31. The molecule has 1 saturated heterocycles. The lowest BCUT2D eigenvalue weighted by atomic mass is 9.68. The van der Waals surface area contributed by atoms with Gasteiger partial charge in [-0.15, -0.1) is 0 Å². The number of halogens is 4. The fourth-order valence-corrected chi connectivity index (χ4v) is 5.73. The van der Waals surface area contributed by atoms with E-state index in [1.807, 2.05) is 20.8 Å². The number of benzene rings is 3. The minimum Gasteiger partial charge on any atom is -0.325 e. The Morgan fingerprint density at radius 1 is 1.07 bits per heavy atom. The van der Waals surface area contributed by atoms with E-state index in [9.17, 15) is 9.59 Å². The van der Waals surface area contributed by atoms with Crippen LogP contribution in [-0.2, 0) is 10.3 Å². The maximum atomic E-state index is 15.6. The number of hydrogen-bond donors (Lipinski definition) is 5. The van der Waals surface area contributed by atoms with Crippen LogP contribution in [0.2, 0.25) is 10.0 Å². The molecule has 1 aliphatic heterocycles. The van der Waals surface area contributed by atoms with E-state index < -0.39 is 47.0 Å². The van der Waals surface area contributed by atoms with Crippen LogP contribution in [0.3, 0.4) is 0 Å². The largest absolute Gasteiger partial charge is 0.325 e. The van der Waals surface area contributed by atoms with Crippen molar-refractivity contribution in [1.82, 2.24) is 10.8 Å². The molecule has 7 nitrogen and oxygen atoms in total. The Kier molecular flexibility index (Phi) is 8.54. The van der Waals surface area contributed by atoms with Crippen LogP contribution in [-0.4, -0.2) is 29.1 Å². The van der Waals surface area contributed by atoms with Crippen molar-refractivity contribution < 1.29 is 23.6 Å². The quantitative estimate of drug-likeness (QED) is 0.185.